The Hall–Kier alpha value is -1.27. The number of nitrogen functional groups attached to an aromatic ring is 1. The number of nitrogens with one attached hydrogen (secondary N) is 1. The van der Waals surface area contributed by atoms with Crippen molar-refractivity contribution in [3.8, 4) is 0 Å². The Morgan fingerprint density at radius 3 is 2.65 bits per heavy atom. The highest BCUT2D eigenvalue weighted by Crippen LogP contribution is 2.33. The minimum atomic E-state index is -3.73. The molecule has 1 aliphatic rings. The molecule has 0 fully saturated rings. The molecule has 2 aromatic rings. The van der Waals surface area contributed by atoms with E-state index in [1.165, 1.54) is 18.2 Å². The average molecular weight is 371 g/mol. The number of sulfonamides is 1. The van der Waals surface area contributed by atoms with Crippen molar-refractivity contribution in [1.82, 2.24) is 4.72 Å². The van der Waals surface area contributed by atoms with E-state index in [2.05, 4.69) is 4.72 Å². The molecule has 0 saturated heterocycles. The van der Waals surface area contributed by atoms with Crippen molar-refractivity contribution >= 4 is 38.9 Å². The van der Waals surface area contributed by atoms with Crippen LogP contribution in [0.3, 0.4) is 0 Å². The SMILES string of the molecule is Nc1ccc2c(c1)CCCC2NS(=O)(=O)c1ccc(Cl)cc1Cl. The molecule has 0 aliphatic heterocycles. The molecule has 0 bridgehead atoms. The second-order valence-electron chi connectivity index (χ2n) is 5.60. The van der Waals surface area contributed by atoms with Crippen molar-refractivity contribution in [2.45, 2.75) is 30.2 Å². The van der Waals surface area contributed by atoms with E-state index in [-0.39, 0.29) is 16.0 Å². The lowest BCUT2D eigenvalue weighted by molar-refractivity contribution is 0.507. The summed E-state index contributed by atoms with van der Waals surface area (Å²) >= 11 is 11.9. The van der Waals surface area contributed by atoms with Crippen LogP contribution < -0.4 is 10.5 Å². The van der Waals surface area contributed by atoms with Gasteiger partial charge in [-0.15, -0.1) is 0 Å². The first-order chi connectivity index (χ1) is 10.9. The lowest BCUT2D eigenvalue weighted by atomic mass is 9.88. The van der Waals surface area contributed by atoms with Crippen LogP contribution in [0.4, 0.5) is 5.69 Å². The van der Waals surface area contributed by atoms with Gasteiger partial charge < -0.3 is 5.73 Å². The Balaban J connectivity index is 1.93. The molecular weight excluding hydrogens is 355 g/mol. The van der Waals surface area contributed by atoms with Gasteiger partial charge in [-0.2, -0.15) is 0 Å². The average Bonchev–Trinajstić information content (AvgIpc) is 2.46. The van der Waals surface area contributed by atoms with Gasteiger partial charge in [-0.05, 0) is 60.7 Å². The maximum Gasteiger partial charge on any atom is 0.242 e. The molecule has 0 radical (unpaired) electrons. The van der Waals surface area contributed by atoms with Crippen molar-refractivity contribution in [1.29, 1.82) is 0 Å². The number of benzene rings is 2. The molecule has 122 valence electrons. The van der Waals surface area contributed by atoms with Crippen LogP contribution in [0.15, 0.2) is 41.3 Å². The number of anilines is 1. The molecule has 7 heteroatoms. The van der Waals surface area contributed by atoms with Gasteiger partial charge in [-0.3, -0.25) is 0 Å². The summed E-state index contributed by atoms with van der Waals surface area (Å²) in [5, 5.41) is 0.505. The van der Waals surface area contributed by atoms with Crippen LogP contribution in [0, 0.1) is 0 Å². The topological polar surface area (TPSA) is 72.2 Å². The second-order valence-corrected chi connectivity index (χ2v) is 8.13. The molecule has 4 nitrogen and oxygen atoms in total. The molecular formula is C16H16Cl2N2O2S. The highest BCUT2D eigenvalue weighted by Gasteiger charge is 2.27. The number of fused-ring (bicyclic) bond motifs is 1. The Morgan fingerprint density at radius 1 is 1.13 bits per heavy atom. The fourth-order valence-electron chi connectivity index (χ4n) is 2.90. The van der Waals surface area contributed by atoms with Gasteiger partial charge >= 0.3 is 0 Å². The molecule has 1 aliphatic carbocycles. The van der Waals surface area contributed by atoms with Gasteiger partial charge in [-0.25, -0.2) is 13.1 Å². The van der Waals surface area contributed by atoms with Crippen molar-refractivity contribution < 1.29 is 8.42 Å². The summed E-state index contributed by atoms with van der Waals surface area (Å²) in [6, 6.07) is 9.66. The molecule has 1 atom stereocenters. The second kappa shape index (κ2) is 6.32. The van der Waals surface area contributed by atoms with Crippen LogP contribution in [-0.4, -0.2) is 8.42 Å². The minimum absolute atomic E-state index is 0.0335. The Kier molecular flexibility index (Phi) is 4.56. The van der Waals surface area contributed by atoms with Gasteiger partial charge in [0, 0.05) is 16.8 Å². The Morgan fingerprint density at radius 2 is 1.91 bits per heavy atom. The van der Waals surface area contributed by atoms with E-state index >= 15 is 0 Å². The van der Waals surface area contributed by atoms with E-state index in [9.17, 15) is 8.42 Å². The van der Waals surface area contributed by atoms with Gasteiger partial charge in [0.2, 0.25) is 10.0 Å². The minimum Gasteiger partial charge on any atom is -0.399 e. The van der Waals surface area contributed by atoms with E-state index in [0.717, 1.165) is 30.4 Å². The Bertz CT molecular complexity index is 853. The van der Waals surface area contributed by atoms with E-state index in [0.29, 0.717) is 10.7 Å². The van der Waals surface area contributed by atoms with Crippen molar-refractivity contribution in [2.24, 2.45) is 0 Å². The zero-order valence-electron chi connectivity index (χ0n) is 12.2. The van der Waals surface area contributed by atoms with Gasteiger partial charge in [-0.1, -0.05) is 29.3 Å². The normalized spacial score (nSPS) is 17.7. The monoisotopic (exact) mass is 370 g/mol. The summed E-state index contributed by atoms with van der Waals surface area (Å²) in [4.78, 5) is 0.0335. The van der Waals surface area contributed by atoms with Crippen LogP contribution in [-0.2, 0) is 16.4 Å². The molecule has 3 rings (SSSR count). The quantitative estimate of drug-likeness (QED) is 0.803. The van der Waals surface area contributed by atoms with Gasteiger partial charge in [0.05, 0.1) is 5.02 Å². The van der Waals surface area contributed by atoms with Crippen LogP contribution in [0.1, 0.15) is 30.0 Å². The molecule has 0 spiro atoms. The number of hydrogen-bond acceptors (Lipinski definition) is 3. The number of aryl methyl sites for hydroxylation is 1. The molecule has 0 amide bonds. The van der Waals surface area contributed by atoms with E-state index in [4.69, 9.17) is 28.9 Å². The fourth-order valence-corrected chi connectivity index (χ4v) is 4.92. The highest BCUT2D eigenvalue weighted by molar-refractivity contribution is 7.89. The third-order valence-corrected chi connectivity index (χ3v) is 6.15. The van der Waals surface area contributed by atoms with Crippen LogP contribution in [0.25, 0.3) is 0 Å². The highest BCUT2D eigenvalue weighted by atomic mass is 35.5. The Labute approximate surface area is 145 Å². The summed E-state index contributed by atoms with van der Waals surface area (Å²) < 4.78 is 28.0. The summed E-state index contributed by atoms with van der Waals surface area (Å²) in [5.41, 5.74) is 8.56. The smallest absolute Gasteiger partial charge is 0.242 e. The number of halogens is 2. The van der Waals surface area contributed by atoms with Crippen molar-refractivity contribution in [3.05, 3.63) is 57.6 Å². The predicted molar refractivity (Wildman–Crippen MR) is 93.3 cm³/mol. The fraction of sp³-hybridized carbons (Fsp3) is 0.250. The number of nitrogens with two attached hydrogens (primary N) is 1. The zero-order chi connectivity index (χ0) is 16.6. The first-order valence-corrected chi connectivity index (χ1v) is 9.46. The van der Waals surface area contributed by atoms with Gasteiger partial charge in [0.1, 0.15) is 4.90 Å². The summed E-state index contributed by atoms with van der Waals surface area (Å²) in [7, 11) is -3.73. The molecule has 0 saturated carbocycles. The van der Waals surface area contributed by atoms with Crippen molar-refractivity contribution in [2.75, 3.05) is 5.73 Å². The lowest BCUT2D eigenvalue weighted by Gasteiger charge is -2.26. The molecule has 0 aromatic heterocycles. The lowest BCUT2D eigenvalue weighted by Crippen LogP contribution is -2.31. The summed E-state index contributed by atoms with van der Waals surface area (Å²) in [6.07, 6.45) is 2.54. The standard InChI is InChI=1S/C16H16Cl2N2O2S/c17-11-4-7-16(14(18)9-11)23(21,22)20-15-3-1-2-10-8-12(19)5-6-13(10)15/h4-9,15,20H,1-3,19H2. The maximum atomic E-state index is 12.6. The number of rotatable bonds is 3. The predicted octanol–water partition coefficient (Wildman–Crippen LogP) is 3.93. The van der Waals surface area contributed by atoms with Crippen LogP contribution >= 0.6 is 23.2 Å². The van der Waals surface area contributed by atoms with Gasteiger partial charge in [0.25, 0.3) is 0 Å². The molecule has 23 heavy (non-hydrogen) atoms. The van der Waals surface area contributed by atoms with Crippen LogP contribution in [0.5, 0.6) is 0 Å². The van der Waals surface area contributed by atoms with Crippen LogP contribution in [0.2, 0.25) is 10.0 Å². The zero-order valence-corrected chi connectivity index (χ0v) is 14.5. The number of hydrogen-bond donors (Lipinski definition) is 2. The maximum absolute atomic E-state index is 12.6. The summed E-state index contributed by atoms with van der Waals surface area (Å²) in [5.74, 6) is 0. The molecule has 3 N–H and O–H groups in total. The van der Waals surface area contributed by atoms with Gasteiger partial charge in [0.15, 0.2) is 0 Å². The summed E-state index contributed by atoms with van der Waals surface area (Å²) in [6.45, 7) is 0. The van der Waals surface area contributed by atoms with E-state index in [1.54, 1.807) is 6.07 Å². The van der Waals surface area contributed by atoms with E-state index in [1.807, 2.05) is 12.1 Å². The largest absolute Gasteiger partial charge is 0.399 e. The molecule has 1 unspecified atom stereocenters. The third-order valence-electron chi connectivity index (χ3n) is 3.96. The third kappa shape index (κ3) is 3.48. The molecule has 0 heterocycles. The first-order valence-electron chi connectivity index (χ1n) is 7.22. The van der Waals surface area contributed by atoms with E-state index < -0.39 is 10.0 Å². The first kappa shape index (κ1) is 16.6. The molecule has 2 aromatic carbocycles. The van der Waals surface area contributed by atoms with Crippen molar-refractivity contribution in [3.63, 3.8) is 0 Å².